The lowest BCUT2D eigenvalue weighted by Crippen LogP contribution is -2.25. The van der Waals surface area contributed by atoms with Crippen molar-refractivity contribution in [3.63, 3.8) is 0 Å². The maximum Gasteiger partial charge on any atom is 0.187 e. The standard InChI is InChI=1S/C60H54N6OS/c1-58(2,3)40-25-27-62-53(33-40)66-51-35-46(22-23-49(51)56-55(66)54-48-15-12-11-14-38(48)19-24-52(54)68-56)67-47-29-39(37-17-20-43(61-10)21-18-37)28-44(34-47)64-36-65(57-50(64)16-13-26-63-57)45-31-41(59(4,5)6)30-42(32-45)60(7,8)9/h11-35H,36H2,1-9H3. The van der Waals surface area contributed by atoms with E-state index < -0.39 is 0 Å². The van der Waals surface area contributed by atoms with Crippen molar-refractivity contribution in [3.05, 3.63) is 180 Å². The fourth-order valence-electron chi connectivity index (χ4n) is 9.54. The predicted octanol–water partition coefficient (Wildman–Crippen LogP) is 17.1. The molecule has 0 amide bonds. The number of benzene rings is 6. The number of hydrogen-bond acceptors (Lipinski definition) is 6. The minimum absolute atomic E-state index is 0.0405. The Hall–Kier alpha value is -7.47. The summed E-state index contributed by atoms with van der Waals surface area (Å²) in [5.74, 6) is 3.20. The third-order valence-corrected chi connectivity index (χ3v) is 14.6. The van der Waals surface area contributed by atoms with Gasteiger partial charge < -0.3 is 14.5 Å². The minimum Gasteiger partial charge on any atom is -0.457 e. The number of aromatic nitrogens is 3. The molecule has 0 unspecified atom stereocenters. The largest absolute Gasteiger partial charge is 0.457 e. The highest BCUT2D eigenvalue weighted by Crippen LogP contribution is 2.49. The van der Waals surface area contributed by atoms with Gasteiger partial charge in [-0.15, -0.1) is 11.3 Å². The molecule has 4 aromatic heterocycles. The first-order chi connectivity index (χ1) is 32.5. The molecule has 0 atom stereocenters. The van der Waals surface area contributed by atoms with E-state index in [4.69, 9.17) is 21.3 Å². The van der Waals surface area contributed by atoms with Crippen LogP contribution in [0.1, 0.15) is 79.0 Å². The average Bonchev–Trinajstić information content (AvgIpc) is 4.00. The highest BCUT2D eigenvalue weighted by Gasteiger charge is 2.32. The number of pyridine rings is 2. The van der Waals surface area contributed by atoms with Crippen LogP contribution >= 0.6 is 11.3 Å². The van der Waals surface area contributed by atoms with Crippen LogP contribution in [0.2, 0.25) is 0 Å². The number of ether oxygens (including phenoxy) is 1. The van der Waals surface area contributed by atoms with Crippen molar-refractivity contribution in [1.29, 1.82) is 0 Å². The van der Waals surface area contributed by atoms with Crippen LogP contribution in [0, 0.1) is 6.57 Å². The molecule has 0 radical (unpaired) electrons. The monoisotopic (exact) mass is 906 g/mol. The lowest BCUT2D eigenvalue weighted by atomic mass is 9.80. The van der Waals surface area contributed by atoms with Gasteiger partial charge in [-0.25, -0.2) is 14.8 Å². The van der Waals surface area contributed by atoms with Crippen molar-refractivity contribution in [2.45, 2.75) is 78.6 Å². The minimum atomic E-state index is -0.0642. The Bertz CT molecular complexity index is 3630. The van der Waals surface area contributed by atoms with Gasteiger partial charge in [0.2, 0.25) is 0 Å². The van der Waals surface area contributed by atoms with E-state index in [1.165, 1.54) is 42.2 Å². The van der Waals surface area contributed by atoms with Gasteiger partial charge in [-0.1, -0.05) is 123 Å². The van der Waals surface area contributed by atoms with Crippen molar-refractivity contribution >= 4 is 81.9 Å². The molecule has 0 aliphatic carbocycles. The smallest absolute Gasteiger partial charge is 0.187 e. The molecule has 1 aliphatic heterocycles. The second kappa shape index (κ2) is 15.8. The molecule has 0 spiro atoms. The fraction of sp³-hybridized carbons (Fsp3) is 0.217. The number of nitrogens with zero attached hydrogens (tertiary/aromatic N) is 6. The van der Waals surface area contributed by atoms with Crippen LogP contribution < -0.4 is 14.5 Å². The van der Waals surface area contributed by atoms with Crippen LogP contribution in [0.4, 0.5) is 28.6 Å². The maximum absolute atomic E-state index is 7.63. The molecule has 68 heavy (non-hydrogen) atoms. The van der Waals surface area contributed by atoms with Gasteiger partial charge in [0, 0.05) is 51.4 Å². The molecule has 336 valence electrons. The molecule has 8 heteroatoms. The van der Waals surface area contributed by atoms with Gasteiger partial charge in [-0.05, 0) is 122 Å². The summed E-state index contributed by atoms with van der Waals surface area (Å²) in [7, 11) is 0. The third kappa shape index (κ3) is 7.52. The summed E-state index contributed by atoms with van der Waals surface area (Å²) in [6.07, 6.45) is 3.82. The van der Waals surface area contributed by atoms with E-state index in [0.29, 0.717) is 18.1 Å². The Labute approximate surface area is 402 Å². The van der Waals surface area contributed by atoms with E-state index in [1.54, 1.807) is 0 Å². The van der Waals surface area contributed by atoms with Crippen molar-refractivity contribution in [2.75, 3.05) is 16.5 Å². The van der Waals surface area contributed by atoms with Gasteiger partial charge in [0.15, 0.2) is 11.5 Å². The second-order valence-corrected chi connectivity index (χ2v) is 22.2. The molecule has 6 aromatic carbocycles. The first-order valence-electron chi connectivity index (χ1n) is 23.3. The second-order valence-electron chi connectivity index (χ2n) is 21.2. The molecule has 0 saturated heterocycles. The SMILES string of the molecule is [C-]#[N+]c1ccc(-c2cc(Oc3ccc4c5sc6ccc7ccccc7c6c5n(-c5cc(C(C)(C)C)ccn5)c4c3)cc(N3CN(c4cc(C(C)(C)C)cc(C(C)(C)C)c4)c4ncccc43)c2)cc1. The lowest BCUT2D eigenvalue weighted by Gasteiger charge is -2.29. The number of rotatable bonds is 6. The summed E-state index contributed by atoms with van der Waals surface area (Å²) < 4.78 is 11.9. The molecular formula is C60H54N6OS. The molecule has 10 aromatic rings. The van der Waals surface area contributed by atoms with Crippen LogP contribution in [0.3, 0.4) is 0 Å². The Kier molecular flexibility index (Phi) is 10.0. The van der Waals surface area contributed by atoms with Crippen molar-refractivity contribution in [1.82, 2.24) is 14.5 Å². The van der Waals surface area contributed by atoms with Crippen LogP contribution in [0.25, 0.3) is 63.8 Å². The average molecular weight is 907 g/mol. The first-order valence-corrected chi connectivity index (χ1v) is 24.2. The maximum atomic E-state index is 7.63. The van der Waals surface area contributed by atoms with Gasteiger partial charge in [-0.3, -0.25) is 4.57 Å². The Morgan fingerprint density at radius 3 is 2.06 bits per heavy atom. The van der Waals surface area contributed by atoms with E-state index in [1.807, 2.05) is 54.1 Å². The number of hydrogen-bond donors (Lipinski definition) is 0. The van der Waals surface area contributed by atoms with Crippen molar-refractivity contribution < 1.29 is 4.74 Å². The Morgan fingerprint density at radius 1 is 0.588 bits per heavy atom. The normalized spacial score (nSPS) is 13.2. The van der Waals surface area contributed by atoms with Crippen molar-refractivity contribution in [3.8, 4) is 28.4 Å². The van der Waals surface area contributed by atoms with Crippen molar-refractivity contribution in [2.24, 2.45) is 0 Å². The molecule has 1 aliphatic rings. The number of thiophene rings is 1. The molecule has 0 N–H and O–H groups in total. The zero-order chi connectivity index (χ0) is 47.3. The highest BCUT2D eigenvalue weighted by molar-refractivity contribution is 7.27. The van der Waals surface area contributed by atoms with Crippen LogP contribution in [-0.2, 0) is 16.2 Å². The topological polar surface area (TPSA) is 50.8 Å². The predicted molar refractivity (Wildman–Crippen MR) is 286 cm³/mol. The molecule has 11 rings (SSSR count). The summed E-state index contributed by atoms with van der Waals surface area (Å²) in [6, 6.07) is 49.5. The zero-order valence-corrected chi connectivity index (χ0v) is 41.0. The molecule has 0 bridgehead atoms. The summed E-state index contributed by atoms with van der Waals surface area (Å²) in [5.41, 5.74) is 11.5. The van der Waals surface area contributed by atoms with E-state index in [9.17, 15) is 0 Å². The summed E-state index contributed by atoms with van der Waals surface area (Å²) in [4.78, 5) is 18.4. The molecule has 0 fully saturated rings. The van der Waals surface area contributed by atoms with Crippen LogP contribution in [-0.4, -0.2) is 21.2 Å². The quantitative estimate of drug-likeness (QED) is 0.156. The van der Waals surface area contributed by atoms with Gasteiger partial charge in [-0.2, -0.15) is 0 Å². The van der Waals surface area contributed by atoms with Gasteiger partial charge in [0.1, 0.15) is 24.0 Å². The van der Waals surface area contributed by atoms with E-state index >= 15 is 0 Å². The number of anilines is 4. The molecule has 0 saturated carbocycles. The van der Waals surface area contributed by atoms with E-state index in [-0.39, 0.29) is 16.2 Å². The van der Waals surface area contributed by atoms with Gasteiger partial charge in [0.05, 0.1) is 28.0 Å². The summed E-state index contributed by atoms with van der Waals surface area (Å²) in [6.45, 7) is 28.6. The molecule has 5 heterocycles. The fourth-order valence-corrected chi connectivity index (χ4v) is 10.8. The molecule has 7 nitrogen and oxygen atoms in total. The lowest BCUT2D eigenvalue weighted by molar-refractivity contribution is 0.483. The highest BCUT2D eigenvalue weighted by atomic mass is 32.1. The summed E-state index contributed by atoms with van der Waals surface area (Å²) in [5, 5.41) is 4.83. The van der Waals surface area contributed by atoms with Crippen LogP contribution in [0.5, 0.6) is 11.5 Å². The van der Waals surface area contributed by atoms with E-state index in [2.05, 4.69) is 191 Å². The summed E-state index contributed by atoms with van der Waals surface area (Å²) >= 11 is 1.83. The van der Waals surface area contributed by atoms with Gasteiger partial charge in [0.25, 0.3) is 0 Å². The number of fused-ring (bicyclic) bond motifs is 8. The Morgan fingerprint density at radius 2 is 1.32 bits per heavy atom. The Balaban J connectivity index is 1.07. The first kappa shape index (κ1) is 43.1. The third-order valence-electron chi connectivity index (χ3n) is 13.4. The van der Waals surface area contributed by atoms with Crippen LogP contribution in [0.15, 0.2) is 152 Å². The molecular weight excluding hydrogens is 853 g/mol. The van der Waals surface area contributed by atoms with Gasteiger partial charge >= 0.3 is 0 Å². The zero-order valence-electron chi connectivity index (χ0n) is 40.1. The van der Waals surface area contributed by atoms with E-state index in [0.717, 1.165) is 62.0 Å².